The normalized spacial score (nSPS) is 18.2. The summed E-state index contributed by atoms with van der Waals surface area (Å²) in [6, 6.07) is 7.15. The molecule has 0 bridgehead atoms. The second-order valence-corrected chi connectivity index (χ2v) is 5.34. The Hall–Kier alpha value is -1.53. The van der Waals surface area contributed by atoms with E-state index < -0.39 is 5.97 Å². The number of aliphatic carboxylic acids is 1. The highest BCUT2D eigenvalue weighted by Crippen LogP contribution is 2.18. The maximum Gasteiger partial charge on any atom is 0.303 e. The summed E-state index contributed by atoms with van der Waals surface area (Å²) in [5.74, 6) is 0.657. The van der Waals surface area contributed by atoms with Crippen LogP contribution in [-0.4, -0.2) is 34.7 Å². The van der Waals surface area contributed by atoms with Gasteiger partial charge < -0.3 is 10.4 Å². The van der Waals surface area contributed by atoms with Gasteiger partial charge in [-0.3, -0.25) is 14.9 Å². The highest BCUT2D eigenvalue weighted by Gasteiger charge is 2.22. The van der Waals surface area contributed by atoms with Crippen molar-refractivity contribution in [3.8, 4) is 0 Å². The molecule has 0 radical (unpaired) electrons. The number of carboxylic acids is 1. The second-order valence-electron chi connectivity index (χ2n) is 4.31. The van der Waals surface area contributed by atoms with Crippen LogP contribution in [0.3, 0.4) is 0 Å². The van der Waals surface area contributed by atoms with Crippen molar-refractivity contribution in [2.45, 2.75) is 18.9 Å². The lowest BCUT2D eigenvalue weighted by molar-refractivity contribution is -0.136. The van der Waals surface area contributed by atoms with E-state index in [1.807, 2.05) is 18.2 Å². The molecule has 1 aromatic carbocycles. The molecule has 1 saturated heterocycles. The largest absolute Gasteiger partial charge is 0.481 e. The van der Waals surface area contributed by atoms with Crippen LogP contribution in [0.1, 0.15) is 12.0 Å². The number of aryl methyl sites for hydroxylation is 1. The molecule has 1 atom stereocenters. The summed E-state index contributed by atoms with van der Waals surface area (Å²) in [5, 5.41) is 14.7. The van der Waals surface area contributed by atoms with Crippen molar-refractivity contribution in [2.75, 3.05) is 16.9 Å². The number of hydrogen-bond acceptors (Lipinski definition) is 4. The number of carboxylic acid groups (broad SMARTS) is 1. The summed E-state index contributed by atoms with van der Waals surface area (Å²) in [4.78, 5) is 22.6. The Kier molecular flexibility index (Phi) is 4.81. The van der Waals surface area contributed by atoms with Crippen LogP contribution in [0, 0.1) is 0 Å². The SMILES string of the molecule is O=C(O)CCc1ccccc1NC(=O)C1CSCN1. The molecule has 1 aliphatic heterocycles. The van der Waals surface area contributed by atoms with Crippen molar-refractivity contribution in [1.29, 1.82) is 0 Å². The van der Waals surface area contributed by atoms with Crippen LogP contribution in [-0.2, 0) is 16.0 Å². The van der Waals surface area contributed by atoms with Crippen molar-refractivity contribution < 1.29 is 14.7 Å². The first-order valence-electron chi connectivity index (χ1n) is 6.08. The number of benzene rings is 1. The Balaban J connectivity index is 2.02. The lowest BCUT2D eigenvalue weighted by Crippen LogP contribution is -2.37. The van der Waals surface area contributed by atoms with Crippen molar-refractivity contribution in [3.63, 3.8) is 0 Å². The van der Waals surface area contributed by atoms with Crippen molar-refractivity contribution >= 4 is 29.3 Å². The molecule has 102 valence electrons. The summed E-state index contributed by atoms with van der Waals surface area (Å²) >= 11 is 1.69. The van der Waals surface area contributed by atoms with Crippen LogP contribution in [0.5, 0.6) is 0 Å². The van der Waals surface area contributed by atoms with Gasteiger partial charge >= 0.3 is 5.97 Å². The van der Waals surface area contributed by atoms with Crippen LogP contribution >= 0.6 is 11.8 Å². The molecule has 1 amide bonds. The van der Waals surface area contributed by atoms with Crippen LogP contribution in [0.25, 0.3) is 0 Å². The first-order chi connectivity index (χ1) is 9.16. The maximum absolute atomic E-state index is 12.0. The van der Waals surface area contributed by atoms with E-state index in [9.17, 15) is 9.59 Å². The Bertz CT molecular complexity index is 473. The Morgan fingerprint density at radius 2 is 2.21 bits per heavy atom. The van der Waals surface area contributed by atoms with Crippen molar-refractivity contribution in [3.05, 3.63) is 29.8 Å². The number of thioether (sulfide) groups is 1. The van der Waals surface area contributed by atoms with E-state index in [-0.39, 0.29) is 18.4 Å². The van der Waals surface area contributed by atoms with Gasteiger partial charge in [0.25, 0.3) is 0 Å². The van der Waals surface area contributed by atoms with E-state index in [4.69, 9.17) is 5.11 Å². The number of hydrogen-bond donors (Lipinski definition) is 3. The number of amides is 1. The fraction of sp³-hybridized carbons (Fsp3) is 0.385. The number of carbonyl (C=O) groups excluding carboxylic acids is 1. The van der Waals surface area contributed by atoms with Gasteiger partial charge in [0, 0.05) is 23.7 Å². The van der Waals surface area contributed by atoms with E-state index >= 15 is 0 Å². The average molecular weight is 280 g/mol. The average Bonchev–Trinajstić information content (AvgIpc) is 2.91. The monoisotopic (exact) mass is 280 g/mol. The fourth-order valence-corrected chi connectivity index (χ4v) is 2.83. The Labute approximate surface area is 115 Å². The van der Waals surface area contributed by atoms with Gasteiger partial charge in [-0.25, -0.2) is 0 Å². The minimum atomic E-state index is -0.838. The number of para-hydroxylation sites is 1. The molecule has 1 aromatic rings. The van der Waals surface area contributed by atoms with E-state index in [0.29, 0.717) is 12.1 Å². The molecule has 3 N–H and O–H groups in total. The standard InChI is InChI=1S/C13H16N2O3S/c16-12(17)6-5-9-3-1-2-4-10(9)15-13(18)11-7-19-8-14-11/h1-4,11,14H,5-8H2,(H,15,18)(H,16,17). The summed E-state index contributed by atoms with van der Waals surface area (Å²) in [6.45, 7) is 0. The molecule has 1 aliphatic rings. The minimum absolute atomic E-state index is 0.0599. The third-order valence-electron chi connectivity index (χ3n) is 2.92. The first-order valence-corrected chi connectivity index (χ1v) is 7.24. The zero-order valence-corrected chi connectivity index (χ0v) is 11.2. The van der Waals surface area contributed by atoms with Gasteiger partial charge in [-0.15, -0.1) is 11.8 Å². The number of nitrogens with one attached hydrogen (secondary N) is 2. The third kappa shape index (κ3) is 3.97. The minimum Gasteiger partial charge on any atom is -0.481 e. The Morgan fingerprint density at radius 3 is 2.89 bits per heavy atom. The van der Waals surface area contributed by atoms with Gasteiger partial charge in [0.15, 0.2) is 0 Å². The summed E-state index contributed by atoms with van der Waals surface area (Å²) in [7, 11) is 0. The fourth-order valence-electron chi connectivity index (χ4n) is 1.89. The van der Waals surface area contributed by atoms with E-state index in [1.54, 1.807) is 17.8 Å². The lowest BCUT2D eigenvalue weighted by Gasteiger charge is -2.13. The van der Waals surface area contributed by atoms with Crippen LogP contribution in [0.2, 0.25) is 0 Å². The van der Waals surface area contributed by atoms with Crippen LogP contribution in [0.4, 0.5) is 5.69 Å². The van der Waals surface area contributed by atoms with Gasteiger partial charge in [-0.05, 0) is 18.1 Å². The molecule has 0 aliphatic carbocycles. The molecule has 0 aromatic heterocycles. The van der Waals surface area contributed by atoms with Gasteiger partial charge in [0.2, 0.25) is 5.91 Å². The topological polar surface area (TPSA) is 78.4 Å². The van der Waals surface area contributed by atoms with Gasteiger partial charge in [-0.2, -0.15) is 0 Å². The smallest absolute Gasteiger partial charge is 0.303 e. The number of carbonyl (C=O) groups is 2. The zero-order valence-electron chi connectivity index (χ0n) is 10.4. The maximum atomic E-state index is 12.0. The van der Waals surface area contributed by atoms with E-state index in [2.05, 4.69) is 10.6 Å². The summed E-state index contributed by atoms with van der Waals surface area (Å²) < 4.78 is 0. The van der Waals surface area contributed by atoms with Gasteiger partial charge in [0.05, 0.1) is 6.04 Å². The molecule has 1 heterocycles. The van der Waals surface area contributed by atoms with Crippen molar-refractivity contribution in [2.24, 2.45) is 0 Å². The number of anilines is 1. The van der Waals surface area contributed by atoms with E-state index in [0.717, 1.165) is 17.2 Å². The molecule has 0 saturated carbocycles. The highest BCUT2D eigenvalue weighted by molar-refractivity contribution is 7.99. The van der Waals surface area contributed by atoms with Gasteiger partial charge in [-0.1, -0.05) is 18.2 Å². The van der Waals surface area contributed by atoms with Crippen molar-refractivity contribution in [1.82, 2.24) is 5.32 Å². The molecular formula is C13H16N2O3S. The highest BCUT2D eigenvalue weighted by atomic mass is 32.2. The Morgan fingerprint density at radius 1 is 1.42 bits per heavy atom. The van der Waals surface area contributed by atoms with Crippen LogP contribution in [0.15, 0.2) is 24.3 Å². The second kappa shape index (κ2) is 6.58. The molecule has 6 heteroatoms. The number of rotatable bonds is 5. The molecule has 1 fully saturated rings. The van der Waals surface area contributed by atoms with Crippen LogP contribution < -0.4 is 10.6 Å². The quantitative estimate of drug-likeness (QED) is 0.758. The molecule has 0 spiro atoms. The summed E-state index contributed by atoms with van der Waals surface area (Å²) in [5.41, 5.74) is 1.55. The molecule has 1 unspecified atom stereocenters. The molecule has 5 nitrogen and oxygen atoms in total. The first kappa shape index (κ1) is 13.9. The van der Waals surface area contributed by atoms with Gasteiger partial charge in [0.1, 0.15) is 0 Å². The zero-order chi connectivity index (χ0) is 13.7. The predicted octanol–water partition coefficient (Wildman–Crippen LogP) is 1.30. The summed E-state index contributed by atoms with van der Waals surface area (Å²) in [6.07, 6.45) is 0.475. The predicted molar refractivity (Wildman–Crippen MR) is 75.3 cm³/mol. The molecular weight excluding hydrogens is 264 g/mol. The van der Waals surface area contributed by atoms with E-state index in [1.165, 1.54) is 0 Å². The third-order valence-corrected chi connectivity index (χ3v) is 3.86. The molecule has 19 heavy (non-hydrogen) atoms. The lowest BCUT2D eigenvalue weighted by atomic mass is 10.1. The molecule has 2 rings (SSSR count).